The predicted molar refractivity (Wildman–Crippen MR) is 85.3 cm³/mol. The van der Waals surface area contributed by atoms with Crippen molar-refractivity contribution in [3.63, 3.8) is 0 Å². The number of hydrogen-bond donors (Lipinski definition) is 1. The zero-order chi connectivity index (χ0) is 15.6. The Balaban J connectivity index is 1.69. The van der Waals surface area contributed by atoms with Crippen LogP contribution in [0.3, 0.4) is 0 Å². The van der Waals surface area contributed by atoms with Crippen LogP contribution in [0.2, 0.25) is 0 Å². The summed E-state index contributed by atoms with van der Waals surface area (Å²) in [5.41, 5.74) is -0.549. The van der Waals surface area contributed by atoms with Gasteiger partial charge in [-0.25, -0.2) is 13.4 Å². The van der Waals surface area contributed by atoms with Crippen molar-refractivity contribution in [3.05, 3.63) is 29.5 Å². The zero-order valence-electron chi connectivity index (χ0n) is 12.2. The molecule has 22 heavy (non-hydrogen) atoms. The number of sulfone groups is 1. The van der Waals surface area contributed by atoms with Gasteiger partial charge < -0.3 is 9.52 Å². The molecular weight excluding hydrogens is 322 g/mol. The van der Waals surface area contributed by atoms with Gasteiger partial charge in [-0.2, -0.15) is 0 Å². The van der Waals surface area contributed by atoms with Crippen LogP contribution in [0.5, 0.6) is 0 Å². The minimum atomic E-state index is -3.38. The first-order chi connectivity index (χ1) is 10.5. The first-order valence-corrected chi connectivity index (χ1v) is 10.1. The number of thiazole rings is 1. The molecule has 7 heteroatoms. The summed E-state index contributed by atoms with van der Waals surface area (Å²) >= 11 is 1.36. The minimum Gasteiger partial charge on any atom is -0.462 e. The summed E-state index contributed by atoms with van der Waals surface area (Å²) in [4.78, 5) is 4.32. The van der Waals surface area contributed by atoms with Crippen LogP contribution in [0, 0.1) is 0 Å². The van der Waals surface area contributed by atoms with Crippen LogP contribution in [-0.4, -0.2) is 29.9 Å². The molecule has 2 aromatic heterocycles. The molecule has 0 unspecified atom stereocenters. The largest absolute Gasteiger partial charge is 0.462 e. The molecule has 120 valence electrons. The molecule has 0 atom stereocenters. The average Bonchev–Trinajstić information content (AvgIpc) is 3.07. The van der Waals surface area contributed by atoms with E-state index in [9.17, 15) is 13.5 Å². The molecule has 0 saturated heterocycles. The number of aromatic nitrogens is 1. The molecule has 0 bridgehead atoms. The van der Waals surface area contributed by atoms with Gasteiger partial charge in [0, 0.05) is 5.38 Å². The fourth-order valence-corrected chi connectivity index (χ4v) is 5.63. The average molecular weight is 341 g/mol. The maximum Gasteiger partial charge on any atom is 0.162 e. The lowest BCUT2D eigenvalue weighted by atomic mass is 9.86. The first-order valence-electron chi connectivity index (χ1n) is 7.37. The summed E-state index contributed by atoms with van der Waals surface area (Å²) in [7, 11) is -3.38. The first kappa shape index (κ1) is 15.7. The van der Waals surface area contributed by atoms with Gasteiger partial charge in [0.25, 0.3) is 0 Å². The van der Waals surface area contributed by atoms with Crippen molar-refractivity contribution in [1.29, 1.82) is 0 Å². The molecule has 0 radical (unpaired) electrons. The van der Waals surface area contributed by atoms with E-state index >= 15 is 0 Å². The third kappa shape index (κ3) is 3.77. The third-order valence-corrected chi connectivity index (χ3v) is 6.54. The Morgan fingerprint density at radius 1 is 1.32 bits per heavy atom. The van der Waals surface area contributed by atoms with Crippen molar-refractivity contribution >= 4 is 21.2 Å². The van der Waals surface area contributed by atoms with Crippen molar-refractivity contribution in [2.45, 2.75) is 43.5 Å². The van der Waals surface area contributed by atoms with Gasteiger partial charge in [-0.05, 0) is 25.0 Å². The lowest BCUT2D eigenvalue weighted by Crippen LogP contribution is -2.39. The number of aliphatic hydroxyl groups is 1. The number of rotatable bonds is 5. The Kier molecular flexibility index (Phi) is 4.38. The molecule has 1 N–H and O–H groups in total. The Morgan fingerprint density at radius 3 is 2.77 bits per heavy atom. The van der Waals surface area contributed by atoms with Gasteiger partial charge in [-0.3, -0.25) is 0 Å². The van der Waals surface area contributed by atoms with Crippen LogP contribution in [0.25, 0.3) is 10.8 Å². The monoisotopic (exact) mass is 341 g/mol. The lowest BCUT2D eigenvalue weighted by Gasteiger charge is -2.31. The minimum absolute atomic E-state index is 0.132. The van der Waals surface area contributed by atoms with E-state index in [1.54, 1.807) is 23.8 Å². The highest BCUT2D eigenvalue weighted by atomic mass is 32.2. The smallest absolute Gasteiger partial charge is 0.162 e. The van der Waals surface area contributed by atoms with E-state index in [1.807, 2.05) is 0 Å². The van der Waals surface area contributed by atoms with Gasteiger partial charge in [0.15, 0.2) is 20.6 Å². The zero-order valence-corrected chi connectivity index (χ0v) is 13.8. The molecular formula is C15H19NO4S2. The molecule has 0 aromatic carbocycles. The standard InChI is InChI=1S/C15H19NO4S2/c17-15(6-2-1-3-7-15)11-22(18,19)10-12-9-21-14(16-12)13-5-4-8-20-13/h4-5,8-9,17H,1-3,6-7,10-11H2. The van der Waals surface area contributed by atoms with Crippen molar-refractivity contribution in [1.82, 2.24) is 4.98 Å². The van der Waals surface area contributed by atoms with Gasteiger partial charge in [0.05, 0.1) is 29.1 Å². The quantitative estimate of drug-likeness (QED) is 0.904. The van der Waals surface area contributed by atoms with E-state index in [2.05, 4.69) is 4.98 Å². The van der Waals surface area contributed by atoms with Crippen LogP contribution in [0.1, 0.15) is 37.8 Å². The van der Waals surface area contributed by atoms with Crippen LogP contribution in [0.15, 0.2) is 28.2 Å². The van der Waals surface area contributed by atoms with E-state index < -0.39 is 15.4 Å². The Bertz CT molecular complexity index is 713. The fraction of sp³-hybridized carbons (Fsp3) is 0.533. The predicted octanol–water partition coefficient (Wildman–Crippen LogP) is 3.01. The van der Waals surface area contributed by atoms with E-state index in [0.717, 1.165) is 19.3 Å². The van der Waals surface area contributed by atoms with Crippen LogP contribution in [-0.2, 0) is 15.6 Å². The Labute approximate surface area is 133 Å². The summed E-state index contributed by atoms with van der Waals surface area (Å²) in [5.74, 6) is 0.333. The van der Waals surface area contributed by atoms with Crippen molar-refractivity contribution in [2.75, 3.05) is 5.75 Å². The molecule has 1 fully saturated rings. The molecule has 0 aliphatic heterocycles. The molecule has 3 rings (SSSR count). The number of nitrogens with zero attached hydrogens (tertiary/aromatic N) is 1. The van der Waals surface area contributed by atoms with Gasteiger partial charge >= 0.3 is 0 Å². The molecule has 1 saturated carbocycles. The van der Waals surface area contributed by atoms with E-state index in [1.165, 1.54) is 11.3 Å². The summed E-state index contributed by atoms with van der Waals surface area (Å²) in [5, 5.41) is 12.8. The second kappa shape index (κ2) is 6.14. The lowest BCUT2D eigenvalue weighted by molar-refractivity contribution is 0.0257. The second-order valence-electron chi connectivity index (χ2n) is 5.94. The molecule has 5 nitrogen and oxygen atoms in total. The molecule has 0 spiro atoms. The fourth-order valence-electron chi connectivity index (χ4n) is 2.93. The Hall–Kier alpha value is -1.18. The summed E-state index contributed by atoms with van der Waals surface area (Å²) < 4.78 is 30.0. The van der Waals surface area contributed by atoms with Crippen molar-refractivity contribution in [3.8, 4) is 10.8 Å². The van der Waals surface area contributed by atoms with E-state index in [4.69, 9.17) is 4.42 Å². The van der Waals surface area contributed by atoms with Crippen molar-refractivity contribution < 1.29 is 17.9 Å². The maximum absolute atomic E-state index is 12.4. The molecule has 2 heterocycles. The van der Waals surface area contributed by atoms with Crippen LogP contribution >= 0.6 is 11.3 Å². The van der Waals surface area contributed by atoms with Gasteiger partial charge in [0.2, 0.25) is 0 Å². The van der Waals surface area contributed by atoms with E-state index in [-0.39, 0.29) is 11.5 Å². The highest BCUT2D eigenvalue weighted by Gasteiger charge is 2.34. The van der Waals surface area contributed by atoms with Gasteiger partial charge in [0.1, 0.15) is 0 Å². The van der Waals surface area contributed by atoms with Crippen molar-refractivity contribution in [2.24, 2.45) is 0 Å². The number of furan rings is 1. The highest BCUT2D eigenvalue weighted by Crippen LogP contribution is 2.30. The van der Waals surface area contributed by atoms with Crippen LogP contribution in [0.4, 0.5) is 0 Å². The summed E-state index contributed by atoms with van der Waals surface area (Å²) in [6, 6.07) is 3.56. The SMILES string of the molecule is O=S(=O)(Cc1csc(-c2ccco2)n1)CC1(O)CCCCC1. The van der Waals surface area contributed by atoms with Crippen LogP contribution < -0.4 is 0 Å². The third-order valence-electron chi connectivity index (χ3n) is 3.92. The molecule has 1 aliphatic carbocycles. The summed E-state index contributed by atoms with van der Waals surface area (Å²) in [6.45, 7) is 0. The number of hydrogen-bond acceptors (Lipinski definition) is 6. The molecule has 2 aromatic rings. The van der Waals surface area contributed by atoms with Gasteiger partial charge in [-0.15, -0.1) is 11.3 Å². The molecule has 0 amide bonds. The molecule has 1 aliphatic rings. The van der Waals surface area contributed by atoms with E-state index in [0.29, 0.717) is 29.3 Å². The maximum atomic E-state index is 12.4. The Morgan fingerprint density at radius 2 is 2.09 bits per heavy atom. The highest BCUT2D eigenvalue weighted by molar-refractivity contribution is 7.90. The topological polar surface area (TPSA) is 80.4 Å². The normalized spacial score (nSPS) is 18.4. The van der Waals surface area contributed by atoms with Gasteiger partial charge in [-0.1, -0.05) is 19.3 Å². The summed E-state index contributed by atoms with van der Waals surface area (Å²) in [6.07, 6.45) is 5.56. The second-order valence-corrected chi connectivity index (χ2v) is 8.86.